The van der Waals surface area contributed by atoms with Gasteiger partial charge < -0.3 is 19.2 Å². The number of carbonyl (C=O) groups is 2. The molecular weight excluding hydrogens is 389 g/mol. The fraction of sp³-hybridized carbons (Fsp3) is 0.217. The maximum atomic E-state index is 13.0. The normalized spacial score (nSPS) is 11.6. The van der Waals surface area contributed by atoms with Crippen molar-refractivity contribution in [2.45, 2.75) is 19.4 Å². The van der Waals surface area contributed by atoms with E-state index in [0.29, 0.717) is 24.3 Å². The van der Waals surface area contributed by atoms with E-state index in [1.54, 1.807) is 25.3 Å². The minimum Gasteiger partial charge on any atom is -0.497 e. The minimum absolute atomic E-state index is 0.0350. The number of furan rings is 1. The molecule has 2 aromatic carbocycles. The van der Waals surface area contributed by atoms with Crippen LogP contribution in [0.25, 0.3) is 11.3 Å². The topological polar surface area (TPSA) is 77.8 Å². The summed E-state index contributed by atoms with van der Waals surface area (Å²) < 4.78 is 28.8. The molecule has 156 valence electrons. The summed E-state index contributed by atoms with van der Waals surface area (Å²) in [6, 6.07) is 16.3. The lowest BCUT2D eigenvalue weighted by molar-refractivity contribution is -0.129. The zero-order valence-electron chi connectivity index (χ0n) is 16.7. The zero-order chi connectivity index (χ0) is 21.5. The molecule has 0 saturated carbocycles. The number of hydrogen-bond acceptors (Lipinski definition) is 5. The molecule has 0 radical (unpaired) electrons. The molecule has 6 nitrogen and oxygen atoms in total. The van der Waals surface area contributed by atoms with Crippen molar-refractivity contribution >= 4 is 11.9 Å². The van der Waals surface area contributed by atoms with Gasteiger partial charge in [-0.1, -0.05) is 12.1 Å². The maximum absolute atomic E-state index is 13.0. The van der Waals surface area contributed by atoms with Gasteiger partial charge in [0.05, 0.1) is 7.11 Å². The van der Waals surface area contributed by atoms with E-state index in [4.69, 9.17) is 13.9 Å². The highest BCUT2D eigenvalue weighted by molar-refractivity contribution is 5.90. The van der Waals surface area contributed by atoms with Gasteiger partial charge in [0.25, 0.3) is 5.91 Å². The largest absolute Gasteiger partial charge is 0.497 e. The lowest BCUT2D eigenvalue weighted by atomic mass is 10.1. The Balaban J connectivity index is 1.48. The summed E-state index contributed by atoms with van der Waals surface area (Å²) in [6.07, 6.45) is -0.344. The second-order valence-electron chi connectivity index (χ2n) is 6.61. The van der Waals surface area contributed by atoms with Gasteiger partial charge in [0, 0.05) is 12.1 Å². The summed E-state index contributed by atoms with van der Waals surface area (Å²) in [5.74, 6) is -0.380. The number of nitrogens with one attached hydrogen (secondary N) is 1. The molecule has 1 heterocycles. The number of rotatable bonds is 8. The fourth-order valence-corrected chi connectivity index (χ4v) is 2.76. The van der Waals surface area contributed by atoms with Gasteiger partial charge in [0.1, 0.15) is 17.3 Å². The Morgan fingerprint density at radius 2 is 1.73 bits per heavy atom. The third-order valence-corrected chi connectivity index (χ3v) is 4.46. The number of ether oxygens (including phenoxy) is 2. The molecule has 0 aliphatic rings. The summed E-state index contributed by atoms with van der Waals surface area (Å²) >= 11 is 0. The second kappa shape index (κ2) is 9.73. The summed E-state index contributed by atoms with van der Waals surface area (Å²) in [7, 11) is 1.60. The van der Waals surface area contributed by atoms with Gasteiger partial charge in [0.15, 0.2) is 6.10 Å². The Bertz CT molecular complexity index is 995. The molecule has 0 saturated heterocycles. The average Bonchev–Trinajstić information content (AvgIpc) is 3.25. The Kier molecular flexibility index (Phi) is 6.85. The summed E-state index contributed by atoms with van der Waals surface area (Å²) in [4.78, 5) is 24.4. The van der Waals surface area contributed by atoms with Crippen LogP contribution in [-0.2, 0) is 16.0 Å². The average molecular weight is 411 g/mol. The van der Waals surface area contributed by atoms with E-state index in [9.17, 15) is 14.0 Å². The first-order valence-electron chi connectivity index (χ1n) is 9.43. The molecule has 1 N–H and O–H groups in total. The molecule has 1 aromatic heterocycles. The number of methoxy groups -OCH3 is 1. The molecule has 30 heavy (non-hydrogen) atoms. The number of carbonyl (C=O) groups excluding carboxylic acids is 2. The van der Waals surface area contributed by atoms with Crippen molar-refractivity contribution < 1.29 is 27.9 Å². The van der Waals surface area contributed by atoms with Gasteiger partial charge in [-0.05, 0) is 67.4 Å². The summed E-state index contributed by atoms with van der Waals surface area (Å²) in [6.45, 7) is 1.90. The van der Waals surface area contributed by atoms with Crippen LogP contribution >= 0.6 is 0 Å². The fourth-order valence-electron chi connectivity index (χ4n) is 2.76. The lowest BCUT2D eigenvalue weighted by Crippen LogP contribution is -2.36. The zero-order valence-corrected chi connectivity index (χ0v) is 16.7. The van der Waals surface area contributed by atoms with Crippen molar-refractivity contribution in [2.75, 3.05) is 13.7 Å². The summed E-state index contributed by atoms with van der Waals surface area (Å²) in [5.41, 5.74) is 1.67. The van der Waals surface area contributed by atoms with E-state index < -0.39 is 18.0 Å². The van der Waals surface area contributed by atoms with Crippen LogP contribution in [0.4, 0.5) is 4.39 Å². The molecular formula is C23H22FNO5. The van der Waals surface area contributed by atoms with Crippen LogP contribution in [0.5, 0.6) is 5.75 Å². The molecule has 0 aliphatic carbocycles. The smallest absolute Gasteiger partial charge is 0.375 e. The number of hydrogen-bond donors (Lipinski definition) is 1. The first-order chi connectivity index (χ1) is 14.5. The van der Waals surface area contributed by atoms with Crippen LogP contribution in [0.1, 0.15) is 23.0 Å². The van der Waals surface area contributed by atoms with Crippen molar-refractivity contribution in [3.05, 3.63) is 77.8 Å². The standard InChI is InChI=1S/C23H22FNO5/c1-15(22(26)25-14-13-16-3-9-19(28-2)10-4-16)29-23(27)21-12-11-20(30-21)17-5-7-18(24)8-6-17/h3-12,15H,13-14H2,1-2H3,(H,25,26)/t15-/m1/s1. The van der Waals surface area contributed by atoms with Crippen molar-refractivity contribution in [3.8, 4) is 17.1 Å². The van der Waals surface area contributed by atoms with Crippen LogP contribution in [0.3, 0.4) is 0 Å². The molecule has 0 aliphatic heterocycles. The number of benzene rings is 2. The highest BCUT2D eigenvalue weighted by Gasteiger charge is 2.21. The van der Waals surface area contributed by atoms with Gasteiger partial charge in [-0.25, -0.2) is 9.18 Å². The van der Waals surface area contributed by atoms with Crippen molar-refractivity contribution in [1.82, 2.24) is 5.32 Å². The number of halogens is 1. The van der Waals surface area contributed by atoms with Gasteiger partial charge in [-0.2, -0.15) is 0 Å². The van der Waals surface area contributed by atoms with E-state index >= 15 is 0 Å². The SMILES string of the molecule is COc1ccc(CCNC(=O)[C@@H](C)OC(=O)c2ccc(-c3ccc(F)cc3)o2)cc1. The Hall–Kier alpha value is -3.61. The molecule has 0 unspecified atom stereocenters. The first kappa shape index (κ1) is 21.1. The van der Waals surface area contributed by atoms with E-state index in [2.05, 4.69) is 5.32 Å². The van der Waals surface area contributed by atoms with Crippen molar-refractivity contribution in [2.24, 2.45) is 0 Å². The van der Waals surface area contributed by atoms with E-state index in [0.717, 1.165) is 11.3 Å². The van der Waals surface area contributed by atoms with E-state index in [-0.39, 0.29) is 11.6 Å². The van der Waals surface area contributed by atoms with Crippen LogP contribution in [0.15, 0.2) is 65.1 Å². The molecule has 0 bridgehead atoms. The lowest BCUT2D eigenvalue weighted by Gasteiger charge is -2.12. The molecule has 1 atom stereocenters. The van der Waals surface area contributed by atoms with Crippen LogP contribution in [-0.4, -0.2) is 31.6 Å². The van der Waals surface area contributed by atoms with Crippen LogP contribution < -0.4 is 10.1 Å². The van der Waals surface area contributed by atoms with Crippen molar-refractivity contribution in [1.29, 1.82) is 0 Å². The molecule has 7 heteroatoms. The van der Waals surface area contributed by atoms with E-state index in [1.165, 1.54) is 25.1 Å². The minimum atomic E-state index is -0.979. The highest BCUT2D eigenvalue weighted by atomic mass is 19.1. The summed E-state index contributed by atoms with van der Waals surface area (Å²) in [5, 5.41) is 2.74. The number of esters is 1. The highest BCUT2D eigenvalue weighted by Crippen LogP contribution is 2.23. The van der Waals surface area contributed by atoms with E-state index in [1.807, 2.05) is 24.3 Å². The Morgan fingerprint density at radius 3 is 2.40 bits per heavy atom. The first-order valence-corrected chi connectivity index (χ1v) is 9.43. The molecule has 0 fully saturated rings. The van der Waals surface area contributed by atoms with Gasteiger partial charge >= 0.3 is 5.97 Å². The van der Waals surface area contributed by atoms with Crippen molar-refractivity contribution in [3.63, 3.8) is 0 Å². The quantitative estimate of drug-likeness (QED) is 0.567. The molecule has 0 spiro atoms. The second-order valence-corrected chi connectivity index (χ2v) is 6.61. The Labute approximate surface area is 173 Å². The predicted molar refractivity (Wildman–Crippen MR) is 109 cm³/mol. The molecule has 3 rings (SSSR count). The maximum Gasteiger partial charge on any atom is 0.375 e. The van der Waals surface area contributed by atoms with Crippen LogP contribution in [0.2, 0.25) is 0 Å². The Morgan fingerprint density at radius 1 is 1.03 bits per heavy atom. The van der Waals surface area contributed by atoms with Gasteiger partial charge in [0.2, 0.25) is 5.76 Å². The third kappa shape index (κ3) is 5.47. The number of amides is 1. The predicted octanol–water partition coefficient (Wildman–Crippen LogP) is 4.00. The third-order valence-electron chi connectivity index (χ3n) is 4.46. The van der Waals surface area contributed by atoms with Crippen LogP contribution in [0, 0.1) is 5.82 Å². The molecule has 3 aromatic rings. The van der Waals surface area contributed by atoms with Gasteiger partial charge in [-0.3, -0.25) is 4.79 Å². The van der Waals surface area contributed by atoms with Gasteiger partial charge in [-0.15, -0.1) is 0 Å². The molecule has 1 amide bonds. The monoisotopic (exact) mass is 411 g/mol.